The molecular formula is C21H22N2O7S2. The third-order valence-electron chi connectivity index (χ3n) is 4.42. The molecule has 0 amide bonds. The average Bonchev–Trinajstić information content (AvgIpc) is 2.79. The molecule has 0 bridgehead atoms. The minimum atomic E-state index is -4.02. The zero-order valence-corrected chi connectivity index (χ0v) is 19.2. The molecule has 0 aromatic heterocycles. The van der Waals surface area contributed by atoms with Crippen molar-refractivity contribution in [1.82, 2.24) is 0 Å². The van der Waals surface area contributed by atoms with E-state index in [9.17, 15) is 16.8 Å². The fraction of sp³-hybridized carbons (Fsp3) is 0.143. The summed E-state index contributed by atoms with van der Waals surface area (Å²) in [6.45, 7) is 0. The van der Waals surface area contributed by atoms with Crippen LogP contribution in [0.3, 0.4) is 0 Å². The van der Waals surface area contributed by atoms with Crippen LogP contribution in [-0.4, -0.2) is 38.2 Å². The van der Waals surface area contributed by atoms with Crippen LogP contribution in [0, 0.1) is 0 Å². The summed E-state index contributed by atoms with van der Waals surface area (Å²) in [6.07, 6.45) is 0. The molecule has 3 rings (SSSR count). The molecule has 0 unspecified atom stereocenters. The summed E-state index contributed by atoms with van der Waals surface area (Å²) in [5.41, 5.74) is 0.541. The number of hydrogen-bond donors (Lipinski definition) is 2. The summed E-state index contributed by atoms with van der Waals surface area (Å²) in [7, 11) is -3.60. The van der Waals surface area contributed by atoms with Crippen LogP contribution >= 0.6 is 0 Å². The molecule has 0 aliphatic carbocycles. The molecular weight excluding hydrogens is 456 g/mol. The molecule has 3 aromatic rings. The monoisotopic (exact) mass is 478 g/mol. The van der Waals surface area contributed by atoms with Gasteiger partial charge in [0.25, 0.3) is 20.0 Å². The van der Waals surface area contributed by atoms with E-state index in [1.165, 1.54) is 57.7 Å². The van der Waals surface area contributed by atoms with Gasteiger partial charge in [-0.2, -0.15) is 0 Å². The Labute approximate surface area is 187 Å². The van der Waals surface area contributed by atoms with Gasteiger partial charge in [0.1, 0.15) is 22.1 Å². The van der Waals surface area contributed by atoms with Gasteiger partial charge in [0.15, 0.2) is 0 Å². The molecule has 0 aliphatic heterocycles. The summed E-state index contributed by atoms with van der Waals surface area (Å²) in [4.78, 5) is -0.146. The number of methoxy groups -OCH3 is 3. The fourth-order valence-corrected chi connectivity index (χ4v) is 5.08. The van der Waals surface area contributed by atoms with Gasteiger partial charge < -0.3 is 14.2 Å². The van der Waals surface area contributed by atoms with Crippen LogP contribution in [-0.2, 0) is 20.0 Å². The summed E-state index contributed by atoms with van der Waals surface area (Å²) in [6, 6.07) is 16.1. The van der Waals surface area contributed by atoms with Crippen LogP contribution in [0.25, 0.3) is 0 Å². The van der Waals surface area contributed by atoms with Crippen molar-refractivity contribution < 1.29 is 31.0 Å². The molecule has 11 heteroatoms. The molecule has 3 aromatic carbocycles. The van der Waals surface area contributed by atoms with Crippen LogP contribution in [0.15, 0.2) is 76.5 Å². The summed E-state index contributed by atoms with van der Waals surface area (Å²) >= 11 is 0. The van der Waals surface area contributed by atoms with Crippen LogP contribution < -0.4 is 23.7 Å². The first-order chi connectivity index (χ1) is 15.2. The molecule has 0 saturated carbocycles. The van der Waals surface area contributed by atoms with Gasteiger partial charge >= 0.3 is 0 Å². The second kappa shape index (κ2) is 9.37. The number of ether oxygens (including phenoxy) is 3. The lowest BCUT2D eigenvalue weighted by Gasteiger charge is -2.13. The van der Waals surface area contributed by atoms with E-state index in [1.807, 2.05) is 0 Å². The van der Waals surface area contributed by atoms with Crippen LogP contribution in [0.4, 0.5) is 11.4 Å². The van der Waals surface area contributed by atoms with Crippen molar-refractivity contribution in [2.24, 2.45) is 0 Å². The van der Waals surface area contributed by atoms with Gasteiger partial charge in [0.2, 0.25) is 0 Å². The molecule has 9 nitrogen and oxygen atoms in total. The Morgan fingerprint density at radius 3 is 1.62 bits per heavy atom. The number of nitrogens with one attached hydrogen (secondary N) is 2. The zero-order valence-electron chi connectivity index (χ0n) is 17.5. The number of anilines is 2. The topological polar surface area (TPSA) is 120 Å². The average molecular weight is 479 g/mol. The maximum Gasteiger partial charge on any atom is 0.265 e. The van der Waals surface area contributed by atoms with E-state index in [1.54, 1.807) is 30.3 Å². The highest BCUT2D eigenvalue weighted by Gasteiger charge is 2.21. The lowest BCUT2D eigenvalue weighted by molar-refractivity contribution is 0.392. The van der Waals surface area contributed by atoms with Crippen molar-refractivity contribution in [3.05, 3.63) is 66.7 Å². The van der Waals surface area contributed by atoms with E-state index in [2.05, 4.69) is 9.44 Å². The molecule has 0 saturated heterocycles. The lowest BCUT2D eigenvalue weighted by Crippen LogP contribution is -2.15. The quantitative estimate of drug-likeness (QED) is 0.484. The second-order valence-corrected chi connectivity index (χ2v) is 9.81. The molecule has 2 N–H and O–H groups in total. The summed E-state index contributed by atoms with van der Waals surface area (Å²) in [5, 5.41) is 0. The molecule has 0 aliphatic rings. The van der Waals surface area contributed by atoms with Crippen molar-refractivity contribution in [3.63, 3.8) is 0 Å². The smallest absolute Gasteiger partial charge is 0.265 e. The van der Waals surface area contributed by atoms with Crippen LogP contribution in [0.2, 0.25) is 0 Å². The molecule has 0 heterocycles. The number of benzene rings is 3. The molecule has 170 valence electrons. The molecule has 32 heavy (non-hydrogen) atoms. The van der Waals surface area contributed by atoms with Gasteiger partial charge in [0.05, 0.1) is 26.2 Å². The fourth-order valence-electron chi connectivity index (χ4n) is 2.78. The van der Waals surface area contributed by atoms with E-state index in [0.29, 0.717) is 17.2 Å². The number of hydrogen-bond acceptors (Lipinski definition) is 7. The van der Waals surface area contributed by atoms with Gasteiger partial charge in [-0.3, -0.25) is 9.44 Å². The maximum atomic E-state index is 12.8. The van der Waals surface area contributed by atoms with Gasteiger partial charge in [-0.15, -0.1) is 0 Å². The first kappa shape index (κ1) is 23.2. The lowest BCUT2D eigenvalue weighted by atomic mass is 10.3. The Morgan fingerprint density at radius 2 is 1.09 bits per heavy atom. The van der Waals surface area contributed by atoms with E-state index in [0.717, 1.165) is 0 Å². The Balaban J connectivity index is 1.80. The van der Waals surface area contributed by atoms with Crippen molar-refractivity contribution >= 4 is 31.4 Å². The van der Waals surface area contributed by atoms with E-state index >= 15 is 0 Å². The largest absolute Gasteiger partial charge is 0.497 e. The van der Waals surface area contributed by atoms with Gasteiger partial charge in [0, 0.05) is 17.4 Å². The second-order valence-electron chi connectivity index (χ2n) is 6.48. The summed E-state index contributed by atoms with van der Waals surface area (Å²) in [5.74, 6) is 1.08. The molecule has 0 atom stereocenters. The number of sulfonamides is 2. The third kappa shape index (κ3) is 5.24. The Bertz CT molecular complexity index is 1290. The summed E-state index contributed by atoms with van der Waals surface area (Å²) < 4.78 is 71.0. The highest BCUT2D eigenvalue weighted by Crippen LogP contribution is 2.30. The highest BCUT2D eigenvalue weighted by atomic mass is 32.2. The zero-order chi connectivity index (χ0) is 23.4. The van der Waals surface area contributed by atoms with E-state index < -0.39 is 20.0 Å². The SMILES string of the molecule is COc1ccc(NS(=O)(=O)c2ccc(NS(=O)(=O)c3cc(OC)ccc3OC)cc2)cc1. The maximum absolute atomic E-state index is 12.8. The van der Waals surface area contributed by atoms with Crippen LogP contribution in [0.5, 0.6) is 17.2 Å². The normalized spacial score (nSPS) is 11.5. The van der Waals surface area contributed by atoms with Crippen molar-refractivity contribution in [3.8, 4) is 17.2 Å². The van der Waals surface area contributed by atoms with Gasteiger partial charge in [-0.05, 0) is 60.7 Å². The van der Waals surface area contributed by atoms with Gasteiger partial charge in [-0.25, -0.2) is 16.8 Å². The van der Waals surface area contributed by atoms with Crippen molar-refractivity contribution in [2.45, 2.75) is 9.79 Å². The van der Waals surface area contributed by atoms with E-state index in [4.69, 9.17) is 14.2 Å². The Hall–Kier alpha value is -3.44. The molecule has 0 radical (unpaired) electrons. The minimum Gasteiger partial charge on any atom is -0.497 e. The first-order valence-electron chi connectivity index (χ1n) is 9.20. The highest BCUT2D eigenvalue weighted by molar-refractivity contribution is 7.93. The predicted octanol–water partition coefficient (Wildman–Crippen LogP) is 3.31. The van der Waals surface area contributed by atoms with E-state index in [-0.39, 0.29) is 21.2 Å². The van der Waals surface area contributed by atoms with Crippen LogP contribution in [0.1, 0.15) is 0 Å². The molecule has 0 spiro atoms. The Kier molecular flexibility index (Phi) is 6.80. The standard InChI is InChI=1S/C21H22N2O7S2/c1-28-17-8-4-15(5-9-17)22-31(24,25)19-11-6-16(7-12-19)23-32(26,27)21-14-18(29-2)10-13-20(21)30-3/h4-14,22-23H,1-3H3. The predicted molar refractivity (Wildman–Crippen MR) is 121 cm³/mol. The first-order valence-corrected chi connectivity index (χ1v) is 12.2. The number of rotatable bonds is 9. The van der Waals surface area contributed by atoms with Gasteiger partial charge in [-0.1, -0.05) is 0 Å². The van der Waals surface area contributed by atoms with Crippen molar-refractivity contribution in [2.75, 3.05) is 30.8 Å². The van der Waals surface area contributed by atoms with Crippen molar-refractivity contribution in [1.29, 1.82) is 0 Å². The third-order valence-corrected chi connectivity index (χ3v) is 7.22. The Morgan fingerprint density at radius 1 is 0.594 bits per heavy atom. The minimum absolute atomic E-state index is 0.0322. The molecule has 0 fully saturated rings.